The van der Waals surface area contributed by atoms with Crippen molar-refractivity contribution in [1.82, 2.24) is 0 Å². The summed E-state index contributed by atoms with van der Waals surface area (Å²) in [5.41, 5.74) is 1.15. The number of benzene rings is 1. The molecule has 1 aromatic rings. The van der Waals surface area contributed by atoms with Crippen molar-refractivity contribution in [3.05, 3.63) is 27.7 Å². The SMILES string of the molecule is Clc1ccc(NC2CC2)cc1Br. The minimum absolute atomic E-state index is 0.693. The fourth-order valence-corrected chi connectivity index (χ4v) is 1.55. The van der Waals surface area contributed by atoms with E-state index in [1.165, 1.54) is 12.8 Å². The zero-order valence-electron chi connectivity index (χ0n) is 6.48. The van der Waals surface area contributed by atoms with Crippen LogP contribution in [0.25, 0.3) is 0 Å². The number of hydrogen-bond acceptors (Lipinski definition) is 1. The lowest BCUT2D eigenvalue weighted by Crippen LogP contribution is -1.99. The fraction of sp³-hybridized carbons (Fsp3) is 0.333. The van der Waals surface area contributed by atoms with Gasteiger partial charge in [0.2, 0.25) is 0 Å². The Balaban J connectivity index is 2.15. The molecule has 0 saturated heterocycles. The van der Waals surface area contributed by atoms with E-state index in [4.69, 9.17) is 11.6 Å². The van der Waals surface area contributed by atoms with E-state index >= 15 is 0 Å². The molecule has 2 rings (SSSR count). The van der Waals surface area contributed by atoms with Gasteiger partial charge in [-0.3, -0.25) is 0 Å². The van der Waals surface area contributed by atoms with Gasteiger partial charge in [0, 0.05) is 16.2 Å². The van der Waals surface area contributed by atoms with Gasteiger partial charge in [-0.25, -0.2) is 0 Å². The summed E-state index contributed by atoms with van der Waals surface area (Å²) >= 11 is 9.24. The quantitative estimate of drug-likeness (QED) is 0.839. The van der Waals surface area contributed by atoms with E-state index < -0.39 is 0 Å². The van der Waals surface area contributed by atoms with Gasteiger partial charge >= 0.3 is 0 Å². The number of anilines is 1. The van der Waals surface area contributed by atoms with E-state index in [-0.39, 0.29) is 0 Å². The van der Waals surface area contributed by atoms with Gasteiger partial charge in [0.05, 0.1) is 5.02 Å². The van der Waals surface area contributed by atoms with Crippen LogP contribution in [0, 0.1) is 0 Å². The Morgan fingerprint density at radius 3 is 2.75 bits per heavy atom. The van der Waals surface area contributed by atoms with Crippen LogP contribution in [-0.2, 0) is 0 Å². The molecule has 0 aromatic heterocycles. The minimum atomic E-state index is 0.693. The van der Waals surface area contributed by atoms with Crippen LogP contribution in [0.3, 0.4) is 0 Å². The number of halogens is 2. The van der Waals surface area contributed by atoms with Crippen LogP contribution < -0.4 is 5.32 Å². The van der Waals surface area contributed by atoms with Crippen molar-refractivity contribution in [1.29, 1.82) is 0 Å². The molecule has 0 heterocycles. The molecule has 12 heavy (non-hydrogen) atoms. The van der Waals surface area contributed by atoms with Crippen LogP contribution >= 0.6 is 27.5 Å². The van der Waals surface area contributed by atoms with Crippen molar-refractivity contribution in [3.63, 3.8) is 0 Å². The summed E-state index contributed by atoms with van der Waals surface area (Å²) in [5.74, 6) is 0. The number of hydrogen-bond donors (Lipinski definition) is 1. The molecule has 0 spiro atoms. The van der Waals surface area contributed by atoms with E-state index in [1.54, 1.807) is 0 Å². The van der Waals surface area contributed by atoms with E-state index in [9.17, 15) is 0 Å². The average molecular weight is 247 g/mol. The predicted molar refractivity (Wildman–Crippen MR) is 55.8 cm³/mol. The van der Waals surface area contributed by atoms with Crippen LogP contribution in [0.4, 0.5) is 5.69 Å². The molecule has 3 heteroatoms. The predicted octanol–water partition coefficient (Wildman–Crippen LogP) is 3.68. The summed E-state index contributed by atoms with van der Waals surface area (Å²) in [6.07, 6.45) is 2.58. The molecular weight excluding hydrogens is 237 g/mol. The van der Waals surface area contributed by atoms with Crippen LogP contribution in [-0.4, -0.2) is 6.04 Å². The summed E-state index contributed by atoms with van der Waals surface area (Å²) < 4.78 is 0.954. The largest absolute Gasteiger partial charge is 0.382 e. The topological polar surface area (TPSA) is 12.0 Å². The van der Waals surface area contributed by atoms with Gasteiger partial charge < -0.3 is 5.32 Å². The van der Waals surface area contributed by atoms with Crippen molar-refractivity contribution in [3.8, 4) is 0 Å². The van der Waals surface area contributed by atoms with Crippen LogP contribution in [0.5, 0.6) is 0 Å². The Morgan fingerprint density at radius 2 is 2.17 bits per heavy atom. The standard InChI is InChI=1S/C9H9BrClN/c10-8-5-7(3-4-9(8)11)12-6-1-2-6/h3-6,12H,1-2H2. The molecule has 1 aromatic carbocycles. The van der Waals surface area contributed by atoms with Crippen molar-refractivity contribution in [2.45, 2.75) is 18.9 Å². The zero-order valence-corrected chi connectivity index (χ0v) is 8.82. The van der Waals surface area contributed by atoms with Crippen LogP contribution in [0.1, 0.15) is 12.8 Å². The maximum Gasteiger partial charge on any atom is 0.0549 e. The summed E-state index contributed by atoms with van der Waals surface area (Å²) in [4.78, 5) is 0. The number of nitrogens with one attached hydrogen (secondary N) is 1. The molecule has 0 unspecified atom stereocenters. The summed E-state index contributed by atoms with van der Waals surface area (Å²) in [7, 11) is 0. The molecule has 0 radical (unpaired) electrons. The van der Waals surface area contributed by atoms with Gasteiger partial charge in [-0.15, -0.1) is 0 Å². The second-order valence-corrected chi connectivity index (χ2v) is 4.31. The Kier molecular flexibility index (Phi) is 2.28. The normalized spacial score (nSPS) is 16.2. The van der Waals surface area contributed by atoms with Gasteiger partial charge in [0.1, 0.15) is 0 Å². The molecule has 0 bridgehead atoms. The highest BCUT2D eigenvalue weighted by molar-refractivity contribution is 9.10. The zero-order chi connectivity index (χ0) is 8.55. The van der Waals surface area contributed by atoms with Crippen LogP contribution in [0.15, 0.2) is 22.7 Å². The average Bonchev–Trinajstić information content (AvgIpc) is 2.81. The molecule has 1 fully saturated rings. The van der Waals surface area contributed by atoms with Gasteiger partial charge in [0.25, 0.3) is 0 Å². The fourth-order valence-electron chi connectivity index (χ4n) is 1.05. The van der Waals surface area contributed by atoms with Crippen LogP contribution in [0.2, 0.25) is 5.02 Å². The molecule has 1 saturated carbocycles. The monoisotopic (exact) mass is 245 g/mol. The van der Waals surface area contributed by atoms with E-state index in [2.05, 4.69) is 21.2 Å². The number of rotatable bonds is 2. The van der Waals surface area contributed by atoms with Gasteiger partial charge in [-0.05, 0) is 47.0 Å². The third kappa shape index (κ3) is 1.93. The lowest BCUT2D eigenvalue weighted by molar-refractivity contribution is 1.16. The molecular formula is C9H9BrClN. The highest BCUT2D eigenvalue weighted by Crippen LogP contribution is 2.29. The first-order valence-electron chi connectivity index (χ1n) is 3.97. The first kappa shape index (κ1) is 8.39. The maximum atomic E-state index is 5.86. The Labute approximate surface area is 85.2 Å². The van der Waals surface area contributed by atoms with Crippen molar-refractivity contribution in [2.75, 3.05) is 5.32 Å². The molecule has 64 valence electrons. The first-order valence-corrected chi connectivity index (χ1v) is 5.14. The second-order valence-electron chi connectivity index (χ2n) is 3.05. The smallest absolute Gasteiger partial charge is 0.0549 e. The first-order chi connectivity index (χ1) is 5.75. The summed E-state index contributed by atoms with van der Waals surface area (Å²) in [6, 6.07) is 6.61. The molecule has 1 N–H and O–H groups in total. The molecule has 0 aliphatic heterocycles. The van der Waals surface area contributed by atoms with Gasteiger partial charge in [0.15, 0.2) is 0 Å². The molecule has 0 atom stereocenters. The highest BCUT2D eigenvalue weighted by atomic mass is 79.9. The Hall–Kier alpha value is -0.210. The minimum Gasteiger partial charge on any atom is -0.382 e. The van der Waals surface area contributed by atoms with Crippen molar-refractivity contribution >= 4 is 33.2 Å². The second kappa shape index (κ2) is 3.27. The van der Waals surface area contributed by atoms with Gasteiger partial charge in [-0.2, -0.15) is 0 Å². The van der Waals surface area contributed by atoms with Gasteiger partial charge in [-0.1, -0.05) is 11.6 Å². The Morgan fingerprint density at radius 1 is 1.42 bits per heavy atom. The highest BCUT2D eigenvalue weighted by Gasteiger charge is 2.20. The molecule has 0 amide bonds. The lowest BCUT2D eigenvalue weighted by Gasteiger charge is -2.04. The maximum absolute atomic E-state index is 5.86. The Bertz CT molecular complexity index is 297. The third-order valence-corrected chi connectivity index (χ3v) is 3.08. The van der Waals surface area contributed by atoms with E-state index in [0.29, 0.717) is 6.04 Å². The molecule has 1 nitrogen and oxygen atoms in total. The van der Waals surface area contributed by atoms with E-state index in [0.717, 1.165) is 15.2 Å². The van der Waals surface area contributed by atoms with Crippen molar-refractivity contribution in [2.24, 2.45) is 0 Å². The summed E-state index contributed by atoms with van der Waals surface area (Å²) in [5, 5.41) is 4.16. The molecule has 1 aliphatic carbocycles. The van der Waals surface area contributed by atoms with E-state index in [1.807, 2.05) is 18.2 Å². The lowest BCUT2D eigenvalue weighted by atomic mass is 10.3. The third-order valence-electron chi connectivity index (χ3n) is 1.87. The van der Waals surface area contributed by atoms with Crippen molar-refractivity contribution < 1.29 is 0 Å². The molecule has 1 aliphatic rings. The summed E-state index contributed by atoms with van der Waals surface area (Å²) in [6.45, 7) is 0.